The summed E-state index contributed by atoms with van der Waals surface area (Å²) in [6.07, 6.45) is 10.5. The van der Waals surface area contributed by atoms with Gasteiger partial charge >= 0.3 is 12.1 Å². The van der Waals surface area contributed by atoms with Crippen LogP contribution in [0.3, 0.4) is 0 Å². The molecule has 3 saturated heterocycles. The molecule has 0 spiro atoms. The number of carbonyl (C=O) groups excluding carboxylic acids is 12. The first-order chi connectivity index (χ1) is 43.7. The number of nitrogens with one attached hydrogen (secondary N) is 7. The molecule has 0 bridgehead atoms. The number of hydrogen-bond acceptors (Lipinski definition) is 14. The molecule has 9 N–H and O–H groups in total. The van der Waals surface area contributed by atoms with Crippen molar-refractivity contribution < 1.29 is 67.0 Å². The summed E-state index contributed by atoms with van der Waals surface area (Å²) in [5.74, 6) is -6.59. The van der Waals surface area contributed by atoms with Crippen molar-refractivity contribution in [2.75, 3.05) is 33.7 Å². The molecule has 3 aliphatic heterocycles. The number of fused-ring (bicyclic) bond motifs is 2. The summed E-state index contributed by atoms with van der Waals surface area (Å²) in [5, 5.41) is 19.3. The van der Waals surface area contributed by atoms with E-state index in [-0.39, 0.29) is 59.4 Å². The number of carbonyl (C=O) groups is 12. The molecule has 520 valence electrons. The second-order valence-electron chi connectivity index (χ2n) is 32.1. The molecule has 8 fully saturated rings. The highest BCUT2D eigenvalue weighted by atomic mass is 16.6. The fourth-order valence-corrected chi connectivity index (χ4v) is 14.7. The van der Waals surface area contributed by atoms with Crippen LogP contribution in [-0.4, -0.2) is 178 Å². The predicted molar refractivity (Wildman–Crippen MR) is 347 cm³/mol. The van der Waals surface area contributed by atoms with Crippen molar-refractivity contribution in [2.45, 2.75) is 245 Å². The fraction of sp³-hybridized carbons (Fsp3) is 0.739. The van der Waals surface area contributed by atoms with Gasteiger partial charge in [0.25, 0.3) is 11.8 Å². The molecule has 25 heteroatoms. The lowest BCUT2D eigenvalue weighted by molar-refractivity contribution is -0.146. The van der Waals surface area contributed by atoms with Gasteiger partial charge in [-0.15, -0.1) is 0 Å². The minimum Gasteiger partial charge on any atom is -0.444 e. The van der Waals surface area contributed by atoms with E-state index in [0.717, 1.165) is 64.2 Å². The molecule has 94 heavy (non-hydrogen) atoms. The van der Waals surface area contributed by atoms with Crippen molar-refractivity contribution in [1.82, 2.24) is 51.9 Å². The van der Waals surface area contributed by atoms with E-state index in [1.165, 1.54) is 9.80 Å². The monoisotopic (exact) mass is 1310 g/mol. The number of piperidine rings is 1. The van der Waals surface area contributed by atoms with Gasteiger partial charge in [0.2, 0.25) is 47.0 Å². The standard InChI is InChI=1S/C42H62N6O9.C27H43N5O5/c1-40(2,3)57-39(55)46-34(42(6)19-13-10-14-20-42)38(54)48-24-29-27(22-41(4,5)56-29)32(48)35(51)44-28(21-25-17-18-25)33(50)36(52)43-23-30(49)45-31(37(53)47(7)8)26-15-11-9-12-16-26;1-25(2,3)20(30-24(37)31-27(6)10-11-27)23(36)32-13-15-17(26(15,4)5)18(32)22(35)29-16(19(33)21(28)34)12-14-8-7-9-14/h9,11-12,15-16,25,27-29,31-32,34H,10,13-14,17-24H2,1-8H3,(H,43,52)(H,44,51)(H,45,49)(H,46,55);14-18,20H,7-13H2,1-6H3,(H2,28,34)(H,29,35)(H2,30,31,37)/t27-,28?,29-,31-,32-,34+;15?,16?,17?,18-,20?/m00/s1. The second kappa shape index (κ2) is 28.3. The Morgan fingerprint density at radius 3 is 1.79 bits per heavy atom. The van der Waals surface area contributed by atoms with Crippen LogP contribution in [0.4, 0.5) is 9.59 Å². The number of likely N-dealkylation sites (N-methyl/N-ethyl adjacent to an activating group) is 1. The first-order valence-corrected chi connectivity index (χ1v) is 33.9. The number of primary amides is 1. The van der Waals surface area contributed by atoms with Crippen LogP contribution in [0.5, 0.6) is 0 Å². The Morgan fingerprint density at radius 2 is 1.26 bits per heavy atom. The summed E-state index contributed by atoms with van der Waals surface area (Å²) in [6.45, 7) is 22.8. The van der Waals surface area contributed by atoms with Crippen molar-refractivity contribution >= 4 is 70.9 Å². The lowest BCUT2D eigenvalue weighted by Gasteiger charge is -2.42. The average molecular weight is 1310 g/mol. The van der Waals surface area contributed by atoms with E-state index in [4.69, 9.17) is 15.2 Å². The van der Waals surface area contributed by atoms with Crippen molar-refractivity contribution in [1.29, 1.82) is 0 Å². The zero-order chi connectivity index (χ0) is 69.4. The number of urea groups is 1. The summed E-state index contributed by atoms with van der Waals surface area (Å²) >= 11 is 0. The smallest absolute Gasteiger partial charge is 0.408 e. The summed E-state index contributed by atoms with van der Waals surface area (Å²) < 4.78 is 11.9. The number of Topliss-reactive ketones (excluding diaryl/α,β-unsaturated/α-hetero) is 2. The van der Waals surface area contributed by atoms with Crippen LogP contribution in [0, 0.1) is 45.8 Å². The molecule has 5 aliphatic carbocycles. The Kier molecular flexibility index (Phi) is 21.8. The lowest BCUT2D eigenvalue weighted by Crippen LogP contribution is -2.62. The molecule has 5 unspecified atom stereocenters. The van der Waals surface area contributed by atoms with Gasteiger partial charge < -0.3 is 67.1 Å². The molecule has 11 atom stereocenters. The van der Waals surface area contributed by atoms with E-state index in [0.29, 0.717) is 37.8 Å². The van der Waals surface area contributed by atoms with E-state index >= 15 is 0 Å². The van der Waals surface area contributed by atoms with Crippen molar-refractivity contribution in [3.8, 4) is 0 Å². The zero-order valence-electron chi connectivity index (χ0n) is 57.8. The Labute approximate surface area is 553 Å². The number of amides is 11. The molecule has 3 heterocycles. The number of ketones is 2. The molecule has 0 radical (unpaired) electrons. The van der Waals surface area contributed by atoms with Crippen LogP contribution in [0.25, 0.3) is 0 Å². The number of likely N-dealkylation sites (tertiary alicyclic amines) is 2. The normalized spacial score (nSPS) is 25.8. The Hall–Kier alpha value is -7.18. The average Bonchev–Trinajstić information content (AvgIpc) is 1.52. The van der Waals surface area contributed by atoms with Gasteiger partial charge in [-0.05, 0) is 132 Å². The molecule has 9 rings (SSSR count). The third-order valence-electron chi connectivity index (χ3n) is 20.8. The Bertz CT molecular complexity index is 3070. The molecule has 5 saturated carbocycles. The SMILES string of the molecule is CC1(NC(=O)NC(C(=O)N2CC3C([C@H]2C(=O)NC(CC2CCC2)C(=O)C(N)=O)C3(C)C)C(C)(C)C)CC1.CN(C)C(=O)[C@@H](NC(=O)CNC(=O)C(=O)C(CC1CC1)NC(=O)[C@@H]1[C@H]2CC(C)(C)O[C@H]2CN1C(=O)[C@@H](NC(=O)OC(C)(C)C)C1(C)CCCCC1)c1ccccc1. The largest absolute Gasteiger partial charge is 0.444 e. The molecule has 1 aromatic rings. The zero-order valence-corrected chi connectivity index (χ0v) is 57.8. The number of ether oxygens (including phenoxy) is 2. The third-order valence-corrected chi connectivity index (χ3v) is 20.8. The number of alkyl carbamates (subject to hydrolysis) is 1. The molecule has 8 aliphatic rings. The maximum absolute atomic E-state index is 14.8. The molecular formula is C69H105N11O14. The highest BCUT2D eigenvalue weighted by molar-refractivity contribution is 6.39. The quantitative estimate of drug-likeness (QED) is 0.0693. The second-order valence-corrected chi connectivity index (χ2v) is 32.1. The van der Waals surface area contributed by atoms with Gasteiger partial charge in [0.1, 0.15) is 35.8 Å². The predicted octanol–water partition coefficient (Wildman–Crippen LogP) is 4.63. The van der Waals surface area contributed by atoms with Crippen LogP contribution >= 0.6 is 0 Å². The highest BCUT2D eigenvalue weighted by Crippen LogP contribution is 2.65. The third kappa shape index (κ3) is 17.6. The minimum atomic E-state index is -1.21. The van der Waals surface area contributed by atoms with Crippen LogP contribution in [0.2, 0.25) is 0 Å². The molecular weight excluding hydrogens is 1210 g/mol. The summed E-state index contributed by atoms with van der Waals surface area (Å²) in [5.41, 5.74) is 2.92. The Balaban J connectivity index is 0.000000264. The van der Waals surface area contributed by atoms with Gasteiger partial charge in [-0.1, -0.05) is 123 Å². The van der Waals surface area contributed by atoms with Gasteiger partial charge in [-0.2, -0.15) is 0 Å². The van der Waals surface area contributed by atoms with E-state index < -0.39 is 142 Å². The maximum Gasteiger partial charge on any atom is 0.408 e. The topological polar surface area (TPSA) is 343 Å². The van der Waals surface area contributed by atoms with Gasteiger partial charge in [0, 0.05) is 38.6 Å². The summed E-state index contributed by atoms with van der Waals surface area (Å²) in [6, 6.07) is 1.42. The fourth-order valence-electron chi connectivity index (χ4n) is 14.7. The van der Waals surface area contributed by atoms with Gasteiger partial charge in [0.15, 0.2) is 0 Å². The maximum atomic E-state index is 14.8. The Morgan fingerprint density at radius 1 is 0.681 bits per heavy atom. The van der Waals surface area contributed by atoms with Gasteiger partial charge in [-0.25, -0.2) is 9.59 Å². The summed E-state index contributed by atoms with van der Waals surface area (Å²) in [7, 11) is 3.13. The molecule has 1 aromatic carbocycles. The van der Waals surface area contributed by atoms with E-state index in [1.807, 2.05) is 48.5 Å². The molecule has 25 nitrogen and oxygen atoms in total. The van der Waals surface area contributed by atoms with Crippen molar-refractivity contribution in [2.24, 2.45) is 51.6 Å². The van der Waals surface area contributed by atoms with Crippen LogP contribution < -0.4 is 43.0 Å². The van der Waals surface area contributed by atoms with E-state index in [2.05, 4.69) is 51.1 Å². The van der Waals surface area contributed by atoms with Crippen LogP contribution in [-0.2, 0) is 57.4 Å². The number of nitrogens with two attached hydrogens (primary N) is 1. The van der Waals surface area contributed by atoms with E-state index in [9.17, 15) is 57.5 Å². The molecule has 0 aromatic heterocycles. The number of nitrogens with zero attached hydrogens (tertiary/aromatic N) is 3. The van der Waals surface area contributed by atoms with Crippen molar-refractivity contribution in [3.05, 3.63) is 35.9 Å². The highest BCUT2D eigenvalue weighted by Gasteiger charge is 2.70. The first kappa shape index (κ1) is 72.6. The molecule has 11 amide bonds. The summed E-state index contributed by atoms with van der Waals surface area (Å²) in [4.78, 5) is 165. The number of hydrogen-bond donors (Lipinski definition) is 8. The minimum absolute atomic E-state index is 0.0655. The van der Waals surface area contributed by atoms with E-state index in [1.54, 1.807) is 70.1 Å². The number of rotatable bonds is 23. The van der Waals surface area contributed by atoms with Crippen LogP contribution in [0.15, 0.2) is 30.3 Å². The van der Waals surface area contributed by atoms with Crippen molar-refractivity contribution in [3.63, 3.8) is 0 Å². The lowest BCUT2D eigenvalue weighted by atomic mass is 9.70. The van der Waals surface area contributed by atoms with Crippen LogP contribution in [0.1, 0.15) is 191 Å². The van der Waals surface area contributed by atoms with Gasteiger partial charge in [0.05, 0.1) is 30.3 Å². The first-order valence-electron chi connectivity index (χ1n) is 33.9. The van der Waals surface area contributed by atoms with Gasteiger partial charge in [-0.3, -0.25) is 47.9 Å². The number of benzene rings is 1.